The summed E-state index contributed by atoms with van der Waals surface area (Å²) in [7, 11) is 1.31. The predicted octanol–water partition coefficient (Wildman–Crippen LogP) is 2.98. The van der Waals surface area contributed by atoms with Gasteiger partial charge in [0.2, 0.25) is 0 Å². The van der Waals surface area contributed by atoms with E-state index in [0.29, 0.717) is 106 Å². The van der Waals surface area contributed by atoms with Gasteiger partial charge in [0.05, 0.1) is 106 Å². The van der Waals surface area contributed by atoms with Crippen LogP contribution in [0.4, 0.5) is 0 Å². The van der Waals surface area contributed by atoms with E-state index >= 15 is 0 Å². The zero-order valence-corrected chi connectivity index (χ0v) is 25.6. The monoisotopic (exact) mass is 596 g/mol. The average molecular weight is 597 g/mol. The molecule has 0 aromatic heterocycles. The number of rotatable bonds is 34. The van der Waals surface area contributed by atoms with Crippen molar-refractivity contribution in [3.63, 3.8) is 0 Å². The first-order valence-corrected chi connectivity index (χ1v) is 15.0. The maximum Gasteiger partial charge on any atom is 0.331 e. The van der Waals surface area contributed by atoms with Crippen LogP contribution in [0.25, 0.3) is 0 Å². The maximum atomic E-state index is 11.7. The van der Waals surface area contributed by atoms with Crippen molar-refractivity contribution in [3.05, 3.63) is 0 Å². The zero-order valence-electron chi connectivity index (χ0n) is 25.6. The van der Waals surface area contributed by atoms with E-state index in [0.717, 1.165) is 12.8 Å². The molecule has 0 saturated carbocycles. The summed E-state index contributed by atoms with van der Waals surface area (Å²) in [4.78, 5) is 22.5. The highest BCUT2D eigenvalue weighted by molar-refractivity contribution is 5.70. The zero-order chi connectivity index (χ0) is 29.9. The van der Waals surface area contributed by atoms with Gasteiger partial charge in [0.15, 0.2) is 0 Å². The van der Waals surface area contributed by atoms with Gasteiger partial charge in [-0.05, 0) is 6.42 Å². The molecule has 0 rings (SSSR count). The number of esters is 2. The number of hydrogen-bond acceptors (Lipinski definition) is 12. The Labute approximate surface area is 246 Å². The highest BCUT2D eigenvalue weighted by atomic mass is 16.6. The summed E-state index contributed by atoms with van der Waals surface area (Å²) >= 11 is 0. The Morgan fingerprint density at radius 3 is 1.15 bits per heavy atom. The predicted molar refractivity (Wildman–Crippen MR) is 152 cm³/mol. The maximum absolute atomic E-state index is 11.7. The Bertz CT molecular complexity index is 550. The van der Waals surface area contributed by atoms with Crippen LogP contribution in [-0.4, -0.2) is 131 Å². The second kappa shape index (κ2) is 34.8. The fraction of sp³-hybridized carbons (Fsp3) is 0.931. The SMILES string of the molecule is CCCCCCCCCC(=O)OCCOCCOCCOCCOCCOCCOCCOCCOCC(=O)OC. The van der Waals surface area contributed by atoms with Gasteiger partial charge in [-0.25, -0.2) is 4.79 Å². The fourth-order valence-corrected chi connectivity index (χ4v) is 3.27. The lowest BCUT2D eigenvalue weighted by atomic mass is 10.1. The van der Waals surface area contributed by atoms with Gasteiger partial charge < -0.3 is 47.4 Å². The standard InChI is InChI=1S/C29H56O12/c1-3-4-5-6-7-8-9-10-28(30)41-26-25-39-22-21-37-18-17-35-14-13-33-11-12-34-15-16-36-19-20-38-23-24-40-27-29(31)32-2/h3-27H2,1-2H3. The van der Waals surface area contributed by atoms with Gasteiger partial charge in [-0.15, -0.1) is 0 Å². The van der Waals surface area contributed by atoms with E-state index in [1.807, 2.05) is 0 Å². The summed E-state index contributed by atoms with van der Waals surface area (Å²) < 4.78 is 52.6. The van der Waals surface area contributed by atoms with Crippen LogP contribution in [0.15, 0.2) is 0 Å². The molecule has 0 fully saturated rings. The minimum Gasteiger partial charge on any atom is -0.467 e. The van der Waals surface area contributed by atoms with Crippen molar-refractivity contribution < 1.29 is 57.0 Å². The number of ether oxygens (including phenoxy) is 10. The molecular weight excluding hydrogens is 540 g/mol. The summed E-state index contributed by atoms with van der Waals surface area (Å²) in [5, 5.41) is 0. The van der Waals surface area contributed by atoms with Crippen LogP contribution in [0, 0.1) is 0 Å². The van der Waals surface area contributed by atoms with Gasteiger partial charge in [0.1, 0.15) is 13.2 Å². The smallest absolute Gasteiger partial charge is 0.331 e. The number of methoxy groups -OCH3 is 1. The van der Waals surface area contributed by atoms with Gasteiger partial charge >= 0.3 is 11.9 Å². The molecule has 0 aliphatic carbocycles. The van der Waals surface area contributed by atoms with E-state index in [-0.39, 0.29) is 19.2 Å². The lowest BCUT2D eigenvalue weighted by molar-refractivity contribution is -0.146. The number of carbonyl (C=O) groups excluding carboxylic acids is 2. The Kier molecular flexibility index (Phi) is 33.6. The summed E-state index contributed by atoms with van der Waals surface area (Å²) in [6.07, 6.45) is 8.78. The molecule has 0 spiro atoms. The van der Waals surface area contributed by atoms with Crippen LogP contribution in [-0.2, 0) is 57.0 Å². The third kappa shape index (κ3) is 34.7. The Morgan fingerprint density at radius 1 is 0.415 bits per heavy atom. The third-order valence-electron chi connectivity index (χ3n) is 5.53. The number of carbonyl (C=O) groups is 2. The quantitative estimate of drug-likeness (QED) is 0.0801. The van der Waals surface area contributed by atoms with Crippen molar-refractivity contribution in [1.29, 1.82) is 0 Å². The van der Waals surface area contributed by atoms with E-state index in [9.17, 15) is 9.59 Å². The Morgan fingerprint density at radius 2 is 0.756 bits per heavy atom. The molecule has 0 aromatic rings. The van der Waals surface area contributed by atoms with Crippen LogP contribution in [0.2, 0.25) is 0 Å². The third-order valence-corrected chi connectivity index (χ3v) is 5.53. The fourth-order valence-electron chi connectivity index (χ4n) is 3.27. The van der Waals surface area contributed by atoms with Crippen molar-refractivity contribution in [2.24, 2.45) is 0 Å². The summed E-state index contributed by atoms with van der Waals surface area (Å²) in [5.41, 5.74) is 0. The molecule has 12 nitrogen and oxygen atoms in total. The van der Waals surface area contributed by atoms with E-state index in [1.165, 1.54) is 39.2 Å². The van der Waals surface area contributed by atoms with Crippen LogP contribution in [0.5, 0.6) is 0 Å². The molecular formula is C29H56O12. The summed E-state index contributed by atoms with van der Waals surface area (Å²) in [6.45, 7) is 9.21. The van der Waals surface area contributed by atoms with Crippen LogP contribution < -0.4 is 0 Å². The molecule has 0 atom stereocenters. The van der Waals surface area contributed by atoms with E-state index in [4.69, 9.17) is 42.6 Å². The lowest BCUT2D eigenvalue weighted by Gasteiger charge is -2.09. The molecule has 0 unspecified atom stereocenters. The van der Waals surface area contributed by atoms with Crippen LogP contribution in [0.3, 0.4) is 0 Å². The normalized spacial score (nSPS) is 11.2. The Balaban J connectivity index is 3.11. The molecule has 0 radical (unpaired) electrons. The van der Waals surface area contributed by atoms with Gasteiger partial charge in [-0.3, -0.25) is 4.79 Å². The molecule has 0 N–H and O–H groups in total. The van der Waals surface area contributed by atoms with Crippen molar-refractivity contribution in [3.8, 4) is 0 Å². The van der Waals surface area contributed by atoms with E-state index < -0.39 is 5.97 Å². The van der Waals surface area contributed by atoms with E-state index in [1.54, 1.807) is 0 Å². The first-order valence-electron chi connectivity index (χ1n) is 15.0. The summed E-state index contributed by atoms with van der Waals surface area (Å²) in [5.74, 6) is -0.552. The molecule has 0 bridgehead atoms. The largest absolute Gasteiger partial charge is 0.467 e. The molecule has 0 amide bonds. The van der Waals surface area contributed by atoms with Gasteiger partial charge in [-0.2, -0.15) is 0 Å². The summed E-state index contributed by atoms with van der Waals surface area (Å²) in [6, 6.07) is 0. The van der Waals surface area contributed by atoms with Gasteiger partial charge in [-0.1, -0.05) is 45.4 Å². The van der Waals surface area contributed by atoms with E-state index in [2.05, 4.69) is 11.7 Å². The Hall–Kier alpha value is -1.38. The molecule has 0 aromatic carbocycles. The van der Waals surface area contributed by atoms with Gasteiger partial charge in [0, 0.05) is 6.42 Å². The first kappa shape index (κ1) is 39.6. The van der Waals surface area contributed by atoms with Crippen LogP contribution in [0.1, 0.15) is 58.3 Å². The number of hydrogen-bond donors (Lipinski definition) is 0. The van der Waals surface area contributed by atoms with Crippen molar-refractivity contribution in [2.45, 2.75) is 58.3 Å². The second-order valence-corrected chi connectivity index (χ2v) is 9.01. The van der Waals surface area contributed by atoms with Crippen molar-refractivity contribution in [1.82, 2.24) is 0 Å². The molecule has 0 aliphatic heterocycles. The molecule has 12 heteroatoms. The minimum atomic E-state index is -0.408. The highest BCUT2D eigenvalue weighted by Gasteiger charge is 2.03. The highest BCUT2D eigenvalue weighted by Crippen LogP contribution is 2.08. The van der Waals surface area contributed by atoms with Gasteiger partial charge in [0.25, 0.3) is 0 Å². The van der Waals surface area contributed by atoms with Crippen molar-refractivity contribution in [2.75, 3.05) is 119 Å². The molecule has 244 valence electrons. The molecule has 41 heavy (non-hydrogen) atoms. The number of unbranched alkanes of at least 4 members (excludes halogenated alkanes) is 6. The van der Waals surface area contributed by atoms with Crippen LogP contribution >= 0.6 is 0 Å². The molecule has 0 aliphatic rings. The average Bonchev–Trinajstić information content (AvgIpc) is 2.98. The topological polar surface area (TPSA) is 126 Å². The second-order valence-electron chi connectivity index (χ2n) is 9.01. The lowest BCUT2D eigenvalue weighted by Crippen LogP contribution is -2.16. The molecule has 0 heterocycles. The van der Waals surface area contributed by atoms with Crippen molar-refractivity contribution >= 4 is 11.9 Å². The first-order chi connectivity index (χ1) is 20.2. The molecule has 0 saturated heterocycles. The minimum absolute atomic E-state index is 0.0705.